The number of primary amides is 1. The van der Waals surface area contributed by atoms with Gasteiger partial charge in [-0.2, -0.15) is 5.10 Å². The predicted octanol–water partition coefficient (Wildman–Crippen LogP) is 3.05. The summed E-state index contributed by atoms with van der Waals surface area (Å²) in [6.07, 6.45) is 6.56. The summed E-state index contributed by atoms with van der Waals surface area (Å²) >= 11 is 0. The summed E-state index contributed by atoms with van der Waals surface area (Å²) in [5, 5.41) is 13.1. The van der Waals surface area contributed by atoms with Gasteiger partial charge >= 0.3 is 6.09 Å². The molecule has 0 aliphatic carbocycles. The molecule has 5 N–H and O–H groups in total. The van der Waals surface area contributed by atoms with Crippen molar-refractivity contribution in [2.24, 2.45) is 5.73 Å². The second-order valence-corrected chi connectivity index (χ2v) is 9.97. The number of ether oxygens (including phenoxy) is 2. The lowest BCUT2D eigenvalue weighted by Crippen LogP contribution is -2.53. The number of halogens is 1. The first kappa shape index (κ1) is 26.8. The molecular weight excluding hydrogens is 495 g/mol. The Kier molecular flexibility index (Phi) is 7.76. The summed E-state index contributed by atoms with van der Waals surface area (Å²) in [5.41, 5.74) is 6.83. The van der Waals surface area contributed by atoms with Gasteiger partial charge in [-0.15, -0.1) is 0 Å². The number of nitrogens with zero attached hydrogens (tertiary/aromatic N) is 4. The molecule has 3 aromatic heterocycles. The van der Waals surface area contributed by atoms with Crippen LogP contribution in [0.3, 0.4) is 0 Å². The third-order valence-electron chi connectivity index (χ3n) is 5.58. The number of nitrogens with one attached hydrogen (secondary N) is 3. The molecule has 1 fully saturated rings. The average molecular weight is 527 g/mol. The van der Waals surface area contributed by atoms with Gasteiger partial charge in [0.05, 0.1) is 54.2 Å². The van der Waals surface area contributed by atoms with Crippen molar-refractivity contribution in [1.29, 1.82) is 0 Å². The molecule has 0 unspecified atom stereocenters. The summed E-state index contributed by atoms with van der Waals surface area (Å²) in [6, 6.07) is 1.84. The Labute approximate surface area is 219 Å². The highest BCUT2D eigenvalue weighted by molar-refractivity contribution is 5.98. The van der Waals surface area contributed by atoms with E-state index in [9.17, 15) is 9.59 Å². The number of carbonyl (C=O) groups excluding carboxylic acids is 2. The van der Waals surface area contributed by atoms with Crippen LogP contribution in [0.25, 0.3) is 5.69 Å². The summed E-state index contributed by atoms with van der Waals surface area (Å²) < 4.78 is 27.5. The van der Waals surface area contributed by atoms with Crippen LogP contribution in [-0.2, 0) is 9.47 Å². The minimum Gasteiger partial charge on any atom is -0.444 e. The van der Waals surface area contributed by atoms with Crippen molar-refractivity contribution >= 4 is 29.3 Å². The molecule has 0 aromatic carbocycles. The molecule has 202 valence electrons. The molecule has 0 bridgehead atoms. The number of anilines is 3. The van der Waals surface area contributed by atoms with E-state index in [1.54, 1.807) is 43.9 Å². The average Bonchev–Trinajstić information content (AvgIpc) is 3.27. The normalized spacial score (nSPS) is 17.5. The van der Waals surface area contributed by atoms with E-state index in [2.05, 4.69) is 31.0 Å². The molecule has 4 heterocycles. The van der Waals surface area contributed by atoms with Crippen LogP contribution in [0.2, 0.25) is 0 Å². The molecule has 1 saturated heterocycles. The SMILES string of the molecule is Cc1cnn(-c2cncc(Nc3nc(N[C@@H]4CCOC[C@@H]4NC(=O)OC(C)(C)C)c(F)cc3C(N)=O)c2)c1. The maximum Gasteiger partial charge on any atom is 0.408 e. The number of rotatable bonds is 7. The topological polar surface area (TPSA) is 158 Å². The first-order chi connectivity index (χ1) is 18.0. The first-order valence-electron chi connectivity index (χ1n) is 12.1. The molecule has 2 amide bonds. The minimum absolute atomic E-state index is 0.0423. The van der Waals surface area contributed by atoms with Gasteiger partial charge in [0.2, 0.25) is 0 Å². The van der Waals surface area contributed by atoms with E-state index in [0.29, 0.717) is 24.4 Å². The molecule has 1 aliphatic heterocycles. The van der Waals surface area contributed by atoms with Crippen molar-refractivity contribution in [3.63, 3.8) is 0 Å². The third-order valence-corrected chi connectivity index (χ3v) is 5.58. The van der Waals surface area contributed by atoms with Gasteiger partial charge in [-0.3, -0.25) is 9.78 Å². The Hall–Kier alpha value is -4.26. The number of carbonyl (C=O) groups is 2. The molecule has 3 aromatic rings. The van der Waals surface area contributed by atoms with Gasteiger partial charge < -0.3 is 31.2 Å². The highest BCUT2D eigenvalue weighted by Gasteiger charge is 2.30. The highest BCUT2D eigenvalue weighted by atomic mass is 19.1. The molecule has 1 aliphatic rings. The van der Waals surface area contributed by atoms with Gasteiger partial charge in [0, 0.05) is 12.8 Å². The van der Waals surface area contributed by atoms with Crippen LogP contribution in [0.15, 0.2) is 36.9 Å². The molecule has 13 heteroatoms. The molecule has 12 nitrogen and oxygen atoms in total. The third kappa shape index (κ3) is 6.73. The lowest BCUT2D eigenvalue weighted by Gasteiger charge is -2.33. The summed E-state index contributed by atoms with van der Waals surface area (Å²) in [6.45, 7) is 7.80. The van der Waals surface area contributed by atoms with E-state index in [1.165, 1.54) is 6.20 Å². The van der Waals surface area contributed by atoms with Crippen molar-refractivity contribution in [3.8, 4) is 5.69 Å². The Balaban J connectivity index is 1.58. The van der Waals surface area contributed by atoms with Crippen molar-refractivity contribution in [1.82, 2.24) is 25.1 Å². The summed E-state index contributed by atoms with van der Waals surface area (Å²) in [7, 11) is 0. The number of aromatic nitrogens is 4. The monoisotopic (exact) mass is 526 g/mol. The maximum atomic E-state index is 15.1. The summed E-state index contributed by atoms with van der Waals surface area (Å²) in [4.78, 5) is 33.0. The molecule has 0 spiro atoms. The smallest absolute Gasteiger partial charge is 0.408 e. The zero-order valence-electron chi connectivity index (χ0n) is 21.6. The van der Waals surface area contributed by atoms with Crippen LogP contribution >= 0.6 is 0 Å². The van der Waals surface area contributed by atoms with E-state index < -0.39 is 35.5 Å². The van der Waals surface area contributed by atoms with Gasteiger partial charge in [0.25, 0.3) is 5.91 Å². The van der Waals surface area contributed by atoms with Crippen LogP contribution in [0.1, 0.15) is 43.1 Å². The number of alkyl carbamates (subject to hydrolysis) is 1. The van der Waals surface area contributed by atoms with Gasteiger partial charge in [0.1, 0.15) is 11.4 Å². The molecule has 38 heavy (non-hydrogen) atoms. The second kappa shape index (κ2) is 11.0. The number of hydrogen-bond donors (Lipinski definition) is 4. The van der Waals surface area contributed by atoms with Gasteiger partial charge in [-0.05, 0) is 51.8 Å². The van der Waals surface area contributed by atoms with Gasteiger partial charge in [-0.25, -0.2) is 18.9 Å². The predicted molar refractivity (Wildman–Crippen MR) is 138 cm³/mol. The maximum absolute atomic E-state index is 15.1. The zero-order chi connectivity index (χ0) is 27.4. The number of amides is 2. The van der Waals surface area contributed by atoms with E-state index in [4.69, 9.17) is 15.2 Å². The van der Waals surface area contributed by atoms with Crippen molar-refractivity contribution in [3.05, 3.63) is 53.9 Å². The molecular formula is C25H31FN8O4. The van der Waals surface area contributed by atoms with Crippen LogP contribution in [0, 0.1) is 12.7 Å². The van der Waals surface area contributed by atoms with Crippen molar-refractivity contribution < 1.29 is 23.5 Å². The summed E-state index contributed by atoms with van der Waals surface area (Å²) in [5.74, 6) is -1.70. The van der Waals surface area contributed by atoms with E-state index in [-0.39, 0.29) is 23.8 Å². The largest absolute Gasteiger partial charge is 0.444 e. The fourth-order valence-electron chi connectivity index (χ4n) is 3.87. The number of nitrogens with two attached hydrogens (primary N) is 1. The van der Waals surface area contributed by atoms with Crippen LogP contribution < -0.4 is 21.7 Å². The Morgan fingerprint density at radius 1 is 1.18 bits per heavy atom. The highest BCUT2D eigenvalue weighted by Crippen LogP contribution is 2.26. The fourth-order valence-corrected chi connectivity index (χ4v) is 3.87. The Morgan fingerprint density at radius 2 is 1.97 bits per heavy atom. The quantitative estimate of drug-likeness (QED) is 0.363. The number of pyridine rings is 2. The van der Waals surface area contributed by atoms with Crippen molar-refractivity contribution in [2.45, 2.75) is 51.8 Å². The minimum atomic E-state index is -0.854. The number of hydrogen-bond acceptors (Lipinski definition) is 9. The van der Waals surface area contributed by atoms with Crippen LogP contribution in [-0.4, -0.2) is 62.6 Å². The first-order valence-corrected chi connectivity index (χ1v) is 12.1. The van der Waals surface area contributed by atoms with Crippen LogP contribution in [0.5, 0.6) is 0 Å². The zero-order valence-corrected chi connectivity index (χ0v) is 21.6. The standard InChI is InChI=1S/C25H31FN8O4/c1-14-9-29-34(12-14)16-7-15(10-28-11-16)30-22-17(21(27)35)8-18(26)23(33-22)31-19-5-6-37-13-20(19)32-24(36)38-25(2,3)4/h7-12,19-20H,5-6,13H2,1-4H3,(H2,27,35)(H,32,36)(H2,30,31,33)/t19-,20+/m1/s1. The lowest BCUT2D eigenvalue weighted by molar-refractivity contribution is 0.0317. The molecule has 2 atom stereocenters. The van der Waals surface area contributed by atoms with Crippen molar-refractivity contribution in [2.75, 3.05) is 23.8 Å². The lowest BCUT2D eigenvalue weighted by atomic mass is 10.0. The second-order valence-electron chi connectivity index (χ2n) is 9.97. The van der Waals surface area contributed by atoms with E-state index in [0.717, 1.165) is 11.6 Å². The number of aryl methyl sites for hydroxylation is 1. The molecule has 0 saturated carbocycles. The molecule has 0 radical (unpaired) electrons. The van der Waals surface area contributed by atoms with Gasteiger partial charge in [-0.1, -0.05) is 0 Å². The molecule has 4 rings (SSSR count). The Bertz CT molecular complexity index is 1320. The Morgan fingerprint density at radius 3 is 2.66 bits per heavy atom. The van der Waals surface area contributed by atoms with E-state index >= 15 is 4.39 Å². The van der Waals surface area contributed by atoms with Crippen LogP contribution in [0.4, 0.5) is 26.5 Å². The van der Waals surface area contributed by atoms with E-state index in [1.807, 2.05) is 13.1 Å². The fraction of sp³-hybridized carbons (Fsp3) is 0.400. The van der Waals surface area contributed by atoms with Gasteiger partial charge in [0.15, 0.2) is 11.6 Å².